The van der Waals surface area contributed by atoms with Crippen molar-refractivity contribution in [3.63, 3.8) is 0 Å². The summed E-state index contributed by atoms with van der Waals surface area (Å²) in [6, 6.07) is 17.4. The van der Waals surface area contributed by atoms with Crippen LogP contribution in [0.25, 0.3) is 0 Å². The van der Waals surface area contributed by atoms with Crippen LogP contribution in [0, 0.1) is 0 Å². The average Bonchev–Trinajstić information content (AvgIpc) is 2.58. The summed E-state index contributed by atoms with van der Waals surface area (Å²) in [6.45, 7) is 0.532. The number of anilines is 1. The Labute approximate surface area is 143 Å². The zero-order valence-corrected chi connectivity index (χ0v) is 13.9. The van der Waals surface area contributed by atoms with E-state index in [9.17, 15) is 0 Å². The van der Waals surface area contributed by atoms with Crippen molar-refractivity contribution in [1.29, 1.82) is 0 Å². The van der Waals surface area contributed by atoms with Gasteiger partial charge in [0.25, 0.3) is 0 Å². The van der Waals surface area contributed by atoms with Gasteiger partial charge in [0, 0.05) is 6.20 Å². The van der Waals surface area contributed by atoms with Gasteiger partial charge in [0.05, 0.1) is 16.4 Å². The molecule has 1 aromatic heterocycles. The number of hydrogen-bond donors (Lipinski definition) is 1. The van der Waals surface area contributed by atoms with Crippen molar-refractivity contribution in [1.82, 2.24) is 4.98 Å². The molecule has 3 rings (SSSR count). The number of ether oxygens (including phenoxy) is 2. The van der Waals surface area contributed by atoms with E-state index in [2.05, 4.69) is 20.9 Å². The molecule has 116 valence electrons. The summed E-state index contributed by atoms with van der Waals surface area (Å²) in [5.74, 6) is 2.01. The molecule has 2 aromatic carbocycles. The number of rotatable bonds is 5. The Balaban J connectivity index is 1.65. The molecule has 0 aliphatic rings. The van der Waals surface area contributed by atoms with E-state index in [4.69, 9.17) is 15.2 Å². The quantitative estimate of drug-likeness (QED) is 0.700. The molecule has 0 spiro atoms. The number of hydrogen-bond acceptors (Lipinski definition) is 4. The number of nitrogen functional groups attached to an aromatic ring is 1. The highest BCUT2D eigenvalue weighted by Gasteiger charge is 2.07. The summed E-state index contributed by atoms with van der Waals surface area (Å²) in [7, 11) is 0. The molecule has 0 aliphatic carbocycles. The maximum Gasteiger partial charge on any atom is 0.167 e. The fraction of sp³-hybridized carbons (Fsp3) is 0.0556. The van der Waals surface area contributed by atoms with Gasteiger partial charge in [-0.05, 0) is 45.8 Å². The SMILES string of the molecule is Nc1cncc(Br)c1Oc1ccc(OCc2ccccc2)cc1. The fourth-order valence-corrected chi connectivity index (χ4v) is 2.44. The number of pyridine rings is 1. The lowest BCUT2D eigenvalue weighted by Crippen LogP contribution is -1.96. The van der Waals surface area contributed by atoms with Crippen molar-refractivity contribution in [2.24, 2.45) is 0 Å². The number of nitrogens with two attached hydrogens (primary N) is 1. The number of benzene rings is 2. The van der Waals surface area contributed by atoms with Gasteiger partial charge in [-0.3, -0.25) is 4.98 Å². The molecule has 0 atom stereocenters. The van der Waals surface area contributed by atoms with E-state index in [1.807, 2.05) is 54.6 Å². The highest BCUT2D eigenvalue weighted by atomic mass is 79.9. The third-order valence-corrected chi connectivity index (χ3v) is 3.74. The lowest BCUT2D eigenvalue weighted by Gasteiger charge is -2.11. The Morgan fingerprint density at radius 3 is 2.30 bits per heavy atom. The van der Waals surface area contributed by atoms with Crippen LogP contribution in [0.1, 0.15) is 5.56 Å². The van der Waals surface area contributed by atoms with Crippen molar-refractivity contribution in [2.75, 3.05) is 5.73 Å². The molecule has 1 heterocycles. The van der Waals surface area contributed by atoms with Crippen LogP contribution in [0.15, 0.2) is 71.5 Å². The Kier molecular flexibility index (Phi) is 4.78. The van der Waals surface area contributed by atoms with Gasteiger partial charge in [-0.1, -0.05) is 30.3 Å². The van der Waals surface area contributed by atoms with E-state index in [0.717, 1.165) is 11.3 Å². The summed E-state index contributed by atoms with van der Waals surface area (Å²) in [6.07, 6.45) is 3.19. The van der Waals surface area contributed by atoms with Gasteiger partial charge in [-0.15, -0.1) is 0 Å². The first-order valence-electron chi connectivity index (χ1n) is 7.06. The molecule has 2 N–H and O–H groups in total. The van der Waals surface area contributed by atoms with Crippen molar-refractivity contribution in [3.8, 4) is 17.2 Å². The molecule has 3 aromatic rings. The molecule has 0 radical (unpaired) electrons. The monoisotopic (exact) mass is 370 g/mol. The van der Waals surface area contributed by atoms with Gasteiger partial charge in [-0.2, -0.15) is 0 Å². The smallest absolute Gasteiger partial charge is 0.167 e. The van der Waals surface area contributed by atoms with Crippen molar-refractivity contribution in [3.05, 3.63) is 77.0 Å². The zero-order chi connectivity index (χ0) is 16.1. The molecule has 0 bridgehead atoms. The molecular formula is C18H15BrN2O2. The molecule has 0 amide bonds. The summed E-state index contributed by atoms with van der Waals surface area (Å²) >= 11 is 3.38. The van der Waals surface area contributed by atoms with Gasteiger partial charge < -0.3 is 15.2 Å². The minimum atomic E-state index is 0.476. The minimum absolute atomic E-state index is 0.476. The maximum atomic E-state index is 5.87. The van der Waals surface area contributed by atoms with Crippen molar-refractivity contribution < 1.29 is 9.47 Å². The second-order valence-corrected chi connectivity index (χ2v) is 5.74. The Hall–Kier alpha value is -2.53. The van der Waals surface area contributed by atoms with Gasteiger partial charge in [0.1, 0.15) is 18.1 Å². The van der Waals surface area contributed by atoms with Gasteiger partial charge >= 0.3 is 0 Å². The standard InChI is InChI=1S/C18H15BrN2O2/c19-16-10-21-11-17(20)18(16)23-15-8-6-14(7-9-15)22-12-13-4-2-1-3-5-13/h1-11H,12,20H2. The topological polar surface area (TPSA) is 57.4 Å². The molecular weight excluding hydrogens is 356 g/mol. The number of nitrogens with zero attached hydrogens (tertiary/aromatic N) is 1. The first kappa shape index (κ1) is 15.4. The summed E-state index contributed by atoms with van der Waals surface area (Å²) in [4.78, 5) is 3.98. The molecule has 23 heavy (non-hydrogen) atoms. The average molecular weight is 371 g/mol. The van der Waals surface area contributed by atoms with Crippen molar-refractivity contribution >= 4 is 21.6 Å². The third kappa shape index (κ3) is 4.02. The van der Waals surface area contributed by atoms with Crippen LogP contribution in [0.2, 0.25) is 0 Å². The van der Waals surface area contributed by atoms with Crippen LogP contribution in [-0.4, -0.2) is 4.98 Å². The lowest BCUT2D eigenvalue weighted by atomic mass is 10.2. The second kappa shape index (κ2) is 7.15. The predicted molar refractivity (Wildman–Crippen MR) is 93.6 cm³/mol. The fourth-order valence-electron chi connectivity index (χ4n) is 2.01. The third-order valence-electron chi connectivity index (χ3n) is 3.17. The van der Waals surface area contributed by atoms with E-state index in [1.165, 1.54) is 0 Å². The summed E-state index contributed by atoms with van der Waals surface area (Å²) in [5.41, 5.74) is 7.47. The van der Waals surface area contributed by atoms with Gasteiger partial charge in [0.2, 0.25) is 0 Å². The lowest BCUT2D eigenvalue weighted by molar-refractivity contribution is 0.306. The van der Waals surface area contributed by atoms with E-state index in [1.54, 1.807) is 12.4 Å². The normalized spacial score (nSPS) is 10.3. The molecule has 0 saturated carbocycles. The molecule has 0 saturated heterocycles. The molecule has 0 aliphatic heterocycles. The summed E-state index contributed by atoms with van der Waals surface area (Å²) < 4.78 is 12.2. The molecule has 0 fully saturated rings. The van der Waals surface area contributed by atoms with Crippen LogP contribution < -0.4 is 15.2 Å². The maximum absolute atomic E-state index is 5.87. The van der Waals surface area contributed by atoms with Crippen molar-refractivity contribution in [2.45, 2.75) is 6.61 Å². The Morgan fingerprint density at radius 1 is 0.913 bits per heavy atom. The first-order chi connectivity index (χ1) is 11.2. The number of halogens is 1. The van der Waals surface area contributed by atoms with Gasteiger partial charge in [0.15, 0.2) is 5.75 Å². The van der Waals surface area contributed by atoms with Crippen LogP contribution in [0.4, 0.5) is 5.69 Å². The van der Waals surface area contributed by atoms with Crippen LogP contribution in [0.5, 0.6) is 17.2 Å². The van der Waals surface area contributed by atoms with Gasteiger partial charge in [-0.25, -0.2) is 0 Å². The Morgan fingerprint density at radius 2 is 1.61 bits per heavy atom. The van der Waals surface area contributed by atoms with E-state index in [0.29, 0.717) is 28.3 Å². The predicted octanol–water partition coefficient (Wildman–Crippen LogP) is 4.80. The zero-order valence-electron chi connectivity index (χ0n) is 12.3. The summed E-state index contributed by atoms with van der Waals surface area (Å²) in [5, 5.41) is 0. The molecule has 0 unspecified atom stereocenters. The van der Waals surface area contributed by atoms with Crippen LogP contribution >= 0.6 is 15.9 Å². The Bertz CT molecular complexity index is 757. The minimum Gasteiger partial charge on any atom is -0.489 e. The highest BCUT2D eigenvalue weighted by Crippen LogP contribution is 2.34. The largest absolute Gasteiger partial charge is 0.489 e. The van der Waals surface area contributed by atoms with E-state index >= 15 is 0 Å². The van der Waals surface area contributed by atoms with Crippen LogP contribution in [0.3, 0.4) is 0 Å². The van der Waals surface area contributed by atoms with Crippen LogP contribution in [-0.2, 0) is 6.61 Å². The highest BCUT2D eigenvalue weighted by molar-refractivity contribution is 9.10. The van der Waals surface area contributed by atoms with E-state index in [-0.39, 0.29) is 0 Å². The van der Waals surface area contributed by atoms with E-state index < -0.39 is 0 Å². The second-order valence-electron chi connectivity index (χ2n) is 4.89. The molecule has 5 heteroatoms. The first-order valence-corrected chi connectivity index (χ1v) is 7.85. The number of aromatic nitrogens is 1. The molecule has 4 nitrogen and oxygen atoms in total.